The van der Waals surface area contributed by atoms with Crippen LogP contribution in [-0.2, 0) is 17.6 Å². The number of halogens is 1. The van der Waals surface area contributed by atoms with Crippen LogP contribution in [0.4, 0.5) is 15.8 Å². The van der Waals surface area contributed by atoms with Gasteiger partial charge in [0.25, 0.3) is 5.69 Å². The molecule has 3 rings (SSSR count). The van der Waals surface area contributed by atoms with Crippen LogP contribution >= 0.6 is 0 Å². The average molecular weight is 329 g/mol. The van der Waals surface area contributed by atoms with Crippen LogP contribution in [-0.4, -0.2) is 21.9 Å². The molecule has 24 heavy (non-hydrogen) atoms. The highest BCUT2D eigenvalue weighted by atomic mass is 19.1. The summed E-state index contributed by atoms with van der Waals surface area (Å²) in [5, 5.41) is 10.9. The van der Waals surface area contributed by atoms with Gasteiger partial charge < -0.3 is 4.90 Å². The van der Waals surface area contributed by atoms with Gasteiger partial charge in [0.2, 0.25) is 5.91 Å². The molecule has 0 fully saturated rings. The van der Waals surface area contributed by atoms with Crippen LogP contribution in [0.3, 0.4) is 0 Å². The van der Waals surface area contributed by atoms with Gasteiger partial charge in [-0.05, 0) is 43.0 Å². The van der Waals surface area contributed by atoms with Crippen molar-refractivity contribution < 1.29 is 14.1 Å². The zero-order chi connectivity index (χ0) is 17.3. The second-order valence-corrected chi connectivity index (χ2v) is 5.90. The van der Waals surface area contributed by atoms with Crippen LogP contribution in [0, 0.1) is 15.9 Å². The molecule has 0 spiro atoms. The Labute approximate surface area is 138 Å². The molecule has 1 aromatic carbocycles. The summed E-state index contributed by atoms with van der Waals surface area (Å²) in [4.78, 5) is 28.5. The van der Waals surface area contributed by atoms with E-state index in [1.165, 1.54) is 18.2 Å². The normalized spacial score (nSPS) is 16.1. The molecule has 2 heterocycles. The van der Waals surface area contributed by atoms with E-state index in [1.807, 2.05) is 6.92 Å². The number of benzene rings is 1. The lowest BCUT2D eigenvalue weighted by Gasteiger charge is -2.22. The van der Waals surface area contributed by atoms with E-state index in [9.17, 15) is 19.3 Å². The fraction of sp³-hybridized carbons (Fsp3) is 0.294. The molecule has 1 atom stereocenters. The average Bonchev–Trinajstić information content (AvgIpc) is 2.87. The first-order valence-corrected chi connectivity index (χ1v) is 7.64. The summed E-state index contributed by atoms with van der Waals surface area (Å²) >= 11 is 0. The van der Waals surface area contributed by atoms with E-state index in [0.717, 1.165) is 17.4 Å². The maximum atomic E-state index is 13.1. The number of aryl methyl sites for hydroxylation is 1. The van der Waals surface area contributed by atoms with Gasteiger partial charge in [-0.15, -0.1) is 0 Å². The molecular weight excluding hydrogens is 313 g/mol. The number of hydrogen-bond donors (Lipinski definition) is 0. The molecule has 0 aliphatic carbocycles. The van der Waals surface area contributed by atoms with E-state index in [1.54, 1.807) is 17.2 Å². The van der Waals surface area contributed by atoms with E-state index >= 15 is 0 Å². The molecule has 0 saturated heterocycles. The molecule has 1 amide bonds. The Balaban J connectivity index is 1.75. The Bertz CT molecular complexity index is 809. The van der Waals surface area contributed by atoms with E-state index < -0.39 is 10.7 Å². The highest BCUT2D eigenvalue weighted by molar-refractivity contribution is 5.96. The standard InChI is InChI=1S/C17H16FN3O3/c1-11-6-13-8-15(21(23)24)3-4-16(13)20(11)17(22)5-2-12-7-14(18)10-19-9-12/h3-4,7-11H,2,5-6H2,1H3. The molecular formula is C17H16FN3O3. The largest absolute Gasteiger partial charge is 0.309 e. The predicted molar refractivity (Wildman–Crippen MR) is 86.3 cm³/mol. The third-order valence-corrected chi connectivity index (χ3v) is 4.15. The molecule has 0 bridgehead atoms. The van der Waals surface area contributed by atoms with Crippen molar-refractivity contribution in [1.82, 2.24) is 4.98 Å². The highest BCUT2D eigenvalue weighted by Crippen LogP contribution is 2.35. The summed E-state index contributed by atoms with van der Waals surface area (Å²) in [6.07, 6.45) is 3.88. The highest BCUT2D eigenvalue weighted by Gasteiger charge is 2.31. The summed E-state index contributed by atoms with van der Waals surface area (Å²) in [6, 6.07) is 5.87. The van der Waals surface area contributed by atoms with Crippen molar-refractivity contribution in [3.8, 4) is 0 Å². The van der Waals surface area contributed by atoms with Gasteiger partial charge in [0.15, 0.2) is 0 Å². The van der Waals surface area contributed by atoms with Gasteiger partial charge in [0, 0.05) is 36.5 Å². The van der Waals surface area contributed by atoms with Gasteiger partial charge in [-0.25, -0.2) is 4.39 Å². The van der Waals surface area contributed by atoms with Crippen molar-refractivity contribution in [2.24, 2.45) is 0 Å². The van der Waals surface area contributed by atoms with Crippen LogP contribution in [0.15, 0.2) is 36.7 Å². The number of hydrogen-bond acceptors (Lipinski definition) is 4. The maximum absolute atomic E-state index is 13.1. The van der Waals surface area contributed by atoms with Crippen LogP contribution in [0.1, 0.15) is 24.5 Å². The number of anilines is 1. The molecule has 1 aliphatic rings. The number of aromatic nitrogens is 1. The first-order valence-electron chi connectivity index (χ1n) is 7.64. The number of carbonyl (C=O) groups is 1. The van der Waals surface area contributed by atoms with Gasteiger partial charge in [-0.3, -0.25) is 19.9 Å². The smallest absolute Gasteiger partial charge is 0.269 e. The molecule has 124 valence electrons. The van der Waals surface area contributed by atoms with Gasteiger partial charge >= 0.3 is 0 Å². The molecule has 1 unspecified atom stereocenters. The summed E-state index contributed by atoms with van der Waals surface area (Å²) in [7, 11) is 0. The predicted octanol–water partition coefficient (Wildman–Crippen LogP) is 3.04. The minimum absolute atomic E-state index is 0.0288. The van der Waals surface area contributed by atoms with Gasteiger partial charge in [-0.2, -0.15) is 0 Å². The van der Waals surface area contributed by atoms with Crippen molar-refractivity contribution in [3.05, 3.63) is 63.7 Å². The minimum Gasteiger partial charge on any atom is -0.309 e. The number of nitrogens with zero attached hydrogens (tertiary/aromatic N) is 3. The van der Waals surface area contributed by atoms with Crippen LogP contribution in [0.25, 0.3) is 0 Å². The Kier molecular flexibility index (Phi) is 4.24. The summed E-state index contributed by atoms with van der Waals surface area (Å²) in [5.41, 5.74) is 2.22. The lowest BCUT2D eigenvalue weighted by Crippen LogP contribution is -2.35. The molecule has 0 saturated carbocycles. The molecule has 0 N–H and O–H groups in total. The fourth-order valence-electron chi connectivity index (χ4n) is 3.08. The Morgan fingerprint density at radius 1 is 1.42 bits per heavy atom. The lowest BCUT2D eigenvalue weighted by atomic mass is 10.1. The number of nitro groups is 1. The van der Waals surface area contributed by atoms with Gasteiger partial charge in [0.05, 0.1) is 11.1 Å². The van der Waals surface area contributed by atoms with Crippen molar-refractivity contribution in [1.29, 1.82) is 0 Å². The zero-order valence-corrected chi connectivity index (χ0v) is 13.1. The first kappa shape index (κ1) is 16.0. The van der Waals surface area contributed by atoms with E-state index in [0.29, 0.717) is 18.4 Å². The number of rotatable bonds is 4. The number of fused-ring (bicyclic) bond motifs is 1. The number of amides is 1. The molecule has 6 nitrogen and oxygen atoms in total. The Hall–Kier alpha value is -2.83. The molecule has 1 aliphatic heterocycles. The molecule has 7 heteroatoms. The van der Waals surface area contributed by atoms with Crippen LogP contribution < -0.4 is 4.90 Å². The molecule has 0 radical (unpaired) electrons. The number of non-ortho nitro benzene ring substituents is 1. The van der Waals surface area contributed by atoms with Crippen LogP contribution in [0.5, 0.6) is 0 Å². The summed E-state index contributed by atoms with van der Waals surface area (Å²) in [5.74, 6) is -0.508. The van der Waals surface area contributed by atoms with Crippen LogP contribution in [0.2, 0.25) is 0 Å². The van der Waals surface area contributed by atoms with Gasteiger partial charge in [-0.1, -0.05) is 0 Å². The third-order valence-electron chi connectivity index (χ3n) is 4.15. The summed E-state index contributed by atoms with van der Waals surface area (Å²) < 4.78 is 13.1. The third kappa shape index (κ3) is 3.10. The minimum atomic E-state index is -0.438. The van der Waals surface area contributed by atoms with E-state index in [2.05, 4.69) is 4.98 Å². The number of nitro benzene ring substituents is 1. The van der Waals surface area contributed by atoms with Crippen molar-refractivity contribution >= 4 is 17.3 Å². The maximum Gasteiger partial charge on any atom is 0.269 e. The SMILES string of the molecule is CC1Cc2cc([N+](=O)[O-])ccc2N1C(=O)CCc1cncc(F)c1. The van der Waals surface area contributed by atoms with E-state index in [-0.39, 0.29) is 24.1 Å². The topological polar surface area (TPSA) is 76.3 Å². The number of pyridine rings is 1. The summed E-state index contributed by atoms with van der Waals surface area (Å²) in [6.45, 7) is 1.91. The Morgan fingerprint density at radius 3 is 2.92 bits per heavy atom. The lowest BCUT2D eigenvalue weighted by molar-refractivity contribution is -0.384. The Morgan fingerprint density at radius 2 is 2.21 bits per heavy atom. The van der Waals surface area contributed by atoms with Gasteiger partial charge in [0.1, 0.15) is 5.82 Å². The first-order chi connectivity index (χ1) is 11.5. The monoisotopic (exact) mass is 329 g/mol. The number of carbonyl (C=O) groups excluding carboxylic acids is 1. The zero-order valence-electron chi connectivity index (χ0n) is 13.1. The van der Waals surface area contributed by atoms with Crippen molar-refractivity contribution in [3.63, 3.8) is 0 Å². The van der Waals surface area contributed by atoms with E-state index in [4.69, 9.17) is 0 Å². The fourth-order valence-corrected chi connectivity index (χ4v) is 3.08. The van der Waals surface area contributed by atoms with Crippen molar-refractivity contribution in [2.75, 3.05) is 4.90 Å². The van der Waals surface area contributed by atoms with Crippen molar-refractivity contribution in [2.45, 2.75) is 32.2 Å². The second kappa shape index (κ2) is 6.35. The quantitative estimate of drug-likeness (QED) is 0.638. The second-order valence-electron chi connectivity index (χ2n) is 5.90. The molecule has 1 aromatic heterocycles. The molecule has 2 aromatic rings.